The fourth-order valence-corrected chi connectivity index (χ4v) is 1.97. The fraction of sp³-hybridized carbons (Fsp3) is 0.200. The Bertz CT molecular complexity index is 681. The molecule has 7 heteroatoms. The summed E-state index contributed by atoms with van der Waals surface area (Å²) in [4.78, 5) is 7.95. The first-order valence-corrected chi connectivity index (χ1v) is 7.02. The predicted octanol–water partition coefficient (Wildman–Crippen LogP) is 1.89. The topological polar surface area (TPSA) is 82.9 Å². The van der Waals surface area contributed by atoms with Crippen LogP contribution in [0.5, 0.6) is 5.75 Å². The van der Waals surface area contributed by atoms with E-state index in [0.29, 0.717) is 17.5 Å². The largest absolute Gasteiger partial charge is 0.497 e. The molecule has 2 N–H and O–H groups in total. The molecule has 0 amide bonds. The van der Waals surface area contributed by atoms with Crippen molar-refractivity contribution in [2.45, 2.75) is 6.42 Å². The molecule has 22 heavy (non-hydrogen) atoms. The van der Waals surface area contributed by atoms with Crippen molar-refractivity contribution in [3.05, 3.63) is 47.9 Å². The second kappa shape index (κ2) is 7.90. The highest BCUT2D eigenvalue weighted by Crippen LogP contribution is 2.11. The van der Waals surface area contributed by atoms with Crippen molar-refractivity contribution in [3.63, 3.8) is 0 Å². The van der Waals surface area contributed by atoms with Gasteiger partial charge in [-0.15, -0.1) is 0 Å². The van der Waals surface area contributed by atoms with Crippen LogP contribution in [0.25, 0.3) is 0 Å². The molecule has 0 aliphatic carbocycles. The molecule has 1 aromatic heterocycles. The van der Waals surface area contributed by atoms with Gasteiger partial charge < -0.3 is 15.4 Å². The van der Waals surface area contributed by atoms with E-state index >= 15 is 0 Å². The summed E-state index contributed by atoms with van der Waals surface area (Å²) in [5.41, 5.74) is 1.38. The minimum absolute atomic E-state index is 0.210. The fourth-order valence-electron chi connectivity index (χ4n) is 1.78. The van der Waals surface area contributed by atoms with E-state index in [1.54, 1.807) is 7.11 Å². The number of thiocarbonyl (C=S) groups is 1. The summed E-state index contributed by atoms with van der Waals surface area (Å²) in [6, 6.07) is 9.82. The lowest BCUT2D eigenvalue weighted by Gasteiger charge is -2.10. The van der Waals surface area contributed by atoms with Crippen LogP contribution in [0.1, 0.15) is 11.3 Å². The Morgan fingerprint density at radius 3 is 2.68 bits per heavy atom. The second-order valence-electron chi connectivity index (χ2n) is 4.34. The molecule has 6 nitrogen and oxygen atoms in total. The maximum absolute atomic E-state index is 8.93. The van der Waals surface area contributed by atoms with Gasteiger partial charge in [0.15, 0.2) is 16.6 Å². The lowest BCUT2D eigenvalue weighted by molar-refractivity contribution is 0.414. The van der Waals surface area contributed by atoms with Crippen LogP contribution < -0.4 is 15.4 Å². The zero-order valence-electron chi connectivity index (χ0n) is 12.0. The van der Waals surface area contributed by atoms with Crippen LogP contribution >= 0.6 is 12.2 Å². The van der Waals surface area contributed by atoms with Crippen molar-refractivity contribution in [2.24, 2.45) is 0 Å². The van der Waals surface area contributed by atoms with Crippen molar-refractivity contribution in [1.29, 1.82) is 5.26 Å². The molecular formula is C15H15N5OS. The van der Waals surface area contributed by atoms with E-state index in [1.807, 2.05) is 30.3 Å². The van der Waals surface area contributed by atoms with Gasteiger partial charge in [-0.05, 0) is 36.3 Å². The Morgan fingerprint density at radius 2 is 2.00 bits per heavy atom. The number of nitriles is 1. The Kier molecular flexibility index (Phi) is 5.63. The number of rotatable bonds is 5. The van der Waals surface area contributed by atoms with Gasteiger partial charge in [-0.25, -0.2) is 9.97 Å². The molecule has 0 fully saturated rings. The number of nitrogens with one attached hydrogen (secondary N) is 2. The van der Waals surface area contributed by atoms with Gasteiger partial charge in [-0.3, -0.25) is 0 Å². The van der Waals surface area contributed by atoms with Crippen LogP contribution in [-0.2, 0) is 6.42 Å². The van der Waals surface area contributed by atoms with Crippen molar-refractivity contribution in [3.8, 4) is 11.8 Å². The molecule has 2 rings (SSSR count). The third-order valence-corrected chi connectivity index (χ3v) is 3.14. The van der Waals surface area contributed by atoms with Gasteiger partial charge in [0.25, 0.3) is 0 Å². The summed E-state index contributed by atoms with van der Waals surface area (Å²) in [5.74, 6) is 1.19. The molecule has 0 atom stereocenters. The summed E-state index contributed by atoms with van der Waals surface area (Å²) < 4.78 is 5.11. The zero-order chi connectivity index (χ0) is 15.8. The van der Waals surface area contributed by atoms with E-state index in [4.69, 9.17) is 22.2 Å². The Morgan fingerprint density at radius 1 is 1.27 bits per heavy atom. The van der Waals surface area contributed by atoms with Gasteiger partial charge in [0, 0.05) is 18.9 Å². The van der Waals surface area contributed by atoms with E-state index in [2.05, 4.69) is 20.6 Å². The first-order valence-electron chi connectivity index (χ1n) is 6.62. The van der Waals surface area contributed by atoms with Crippen molar-refractivity contribution < 1.29 is 4.74 Å². The monoisotopic (exact) mass is 313 g/mol. The van der Waals surface area contributed by atoms with Gasteiger partial charge in [0.1, 0.15) is 11.8 Å². The summed E-state index contributed by atoms with van der Waals surface area (Å²) in [6.45, 7) is 0.667. The lowest BCUT2D eigenvalue weighted by atomic mass is 10.1. The summed E-state index contributed by atoms with van der Waals surface area (Å²) in [6.07, 6.45) is 3.78. The molecule has 112 valence electrons. The standard InChI is InChI=1S/C15H15N5OS/c1-21-12-4-2-11(3-5-12)6-7-19-15(22)20-14-13(10-16)17-8-9-18-14/h2-5,8-9H,6-7H2,1H3,(H2,18,19,20,22). The summed E-state index contributed by atoms with van der Waals surface area (Å²) in [7, 11) is 1.64. The molecular weight excluding hydrogens is 298 g/mol. The number of nitrogens with zero attached hydrogens (tertiary/aromatic N) is 3. The normalized spacial score (nSPS) is 9.64. The molecule has 0 saturated carbocycles. The molecule has 0 saturated heterocycles. The number of hydrogen-bond acceptors (Lipinski definition) is 5. The third-order valence-electron chi connectivity index (χ3n) is 2.89. The van der Waals surface area contributed by atoms with Crippen LogP contribution in [0.4, 0.5) is 5.82 Å². The van der Waals surface area contributed by atoms with Crippen LogP contribution in [0.2, 0.25) is 0 Å². The van der Waals surface area contributed by atoms with E-state index in [-0.39, 0.29) is 5.69 Å². The molecule has 0 aliphatic rings. The minimum atomic E-state index is 0.210. The van der Waals surface area contributed by atoms with Gasteiger partial charge >= 0.3 is 0 Å². The molecule has 0 bridgehead atoms. The highest BCUT2D eigenvalue weighted by Gasteiger charge is 2.05. The third kappa shape index (κ3) is 4.40. The van der Waals surface area contributed by atoms with E-state index in [0.717, 1.165) is 12.2 Å². The summed E-state index contributed by atoms with van der Waals surface area (Å²) >= 11 is 5.18. The number of anilines is 1. The molecule has 0 unspecified atom stereocenters. The zero-order valence-corrected chi connectivity index (χ0v) is 12.9. The molecule has 0 aliphatic heterocycles. The number of methoxy groups -OCH3 is 1. The number of ether oxygens (including phenoxy) is 1. The van der Waals surface area contributed by atoms with Crippen LogP contribution in [0.15, 0.2) is 36.7 Å². The van der Waals surface area contributed by atoms with Gasteiger partial charge in [0.2, 0.25) is 0 Å². The number of benzene rings is 1. The quantitative estimate of drug-likeness (QED) is 0.816. The Labute approximate surface area is 134 Å². The molecule has 1 heterocycles. The van der Waals surface area contributed by atoms with Crippen molar-refractivity contribution in [2.75, 3.05) is 19.0 Å². The van der Waals surface area contributed by atoms with Gasteiger partial charge in [-0.2, -0.15) is 5.26 Å². The molecule has 0 radical (unpaired) electrons. The Balaban J connectivity index is 1.81. The molecule has 1 aromatic carbocycles. The molecule has 2 aromatic rings. The maximum Gasteiger partial charge on any atom is 0.183 e. The first-order chi connectivity index (χ1) is 10.7. The second-order valence-corrected chi connectivity index (χ2v) is 4.75. The van der Waals surface area contributed by atoms with Crippen LogP contribution in [-0.4, -0.2) is 28.7 Å². The van der Waals surface area contributed by atoms with Crippen LogP contribution in [0.3, 0.4) is 0 Å². The van der Waals surface area contributed by atoms with E-state index in [9.17, 15) is 0 Å². The van der Waals surface area contributed by atoms with Gasteiger partial charge in [-0.1, -0.05) is 12.1 Å². The van der Waals surface area contributed by atoms with Crippen molar-refractivity contribution >= 4 is 23.1 Å². The lowest BCUT2D eigenvalue weighted by Crippen LogP contribution is -2.30. The average molecular weight is 313 g/mol. The Hall–Kier alpha value is -2.72. The maximum atomic E-state index is 8.93. The molecule has 0 spiro atoms. The predicted molar refractivity (Wildman–Crippen MR) is 87.7 cm³/mol. The van der Waals surface area contributed by atoms with Crippen molar-refractivity contribution in [1.82, 2.24) is 15.3 Å². The first kappa shape index (κ1) is 15.7. The minimum Gasteiger partial charge on any atom is -0.497 e. The van der Waals surface area contributed by atoms with Crippen LogP contribution in [0, 0.1) is 11.3 Å². The highest BCUT2D eigenvalue weighted by molar-refractivity contribution is 7.80. The van der Waals surface area contributed by atoms with E-state index in [1.165, 1.54) is 18.0 Å². The van der Waals surface area contributed by atoms with Gasteiger partial charge in [0.05, 0.1) is 7.11 Å². The highest BCUT2D eigenvalue weighted by atomic mass is 32.1. The summed E-state index contributed by atoms with van der Waals surface area (Å²) in [5, 5.41) is 15.3. The number of hydrogen-bond donors (Lipinski definition) is 2. The average Bonchev–Trinajstić information content (AvgIpc) is 2.56. The smallest absolute Gasteiger partial charge is 0.183 e. The van der Waals surface area contributed by atoms with E-state index < -0.39 is 0 Å². The SMILES string of the molecule is COc1ccc(CCNC(=S)Nc2nccnc2C#N)cc1. The number of aromatic nitrogens is 2.